The van der Waals surface area contributed by atoms with Gasteiger partial charge in [-0.1, -0.05) is 0 Å². The second-order valence-electron chi connectivity index (χ2n) is 3.11. The predicted molar refractivity (Wildman–Crippen MR) is 52.5 cm³/mol. The number of rotatable bonds is 3. The normalized spacial score (nSPS) is 12.1. The van der Waals surface area contributed by atoms with E-state index in [1.54, 1.807) is 13.0 Å². The first-order valence-corrected chi connectivity index (χ1v) is 4.35. The molecule has 0 aromatic carbocycles. The molecule has 1 N–H and O–H groups in total. The van der Waals surface area contributed by atoms with E-state index in [1.165, 1.54) is 17.9 Å². The monoisotopic (exact) mass is 209 g/mol. The molecule has 0 bridgehead atoms. The number of aromatic amines is 1. The van der Waals surface area contributed by atoms with Crippen LogP contribution in [0.1, 0.15) is 12.5 Å². The Labute approximate surface area is 85.7 Å². The molecule has 6 nitrogen and oxygen atoms in total. The minimum Gasteiger partial charge on any atom is -0.380 e. The van der Waals surface area contributed by atoms with E-state index in [1.807, 2.05) is 0 Å². The van der Waals surface area contributed by atoms with E-state index >= 15 is 0 Å². The molecule has 0 amide bonds. The molecule has 6 heteroatoms. The maximum Gasteiger partial charge on any atom is 0.328 e. The van der Waals surface area contributed by atoms with Crippen molar-refractivity contribution in [2.24, 2.45) is 0 Å². The Bertz CT molecular complexity index is 495. The van der Waals surface area contributed by atoms with Crippen molar-refractivity contribution in [3.05, 3.63) is 32.6 Å². The highest BCUT2D eigenvalue weighted by Gasteiger charge is 2.06. The van der Waals surface area contributed by atoms with Crippen molar-refractivity contribution in [2.75, 3.05) is 7.11 Å². The molecule has 1 rings (SSSR count). The third-order valence-corrected chi connectivity index (χ3v) is 1.99. The van der Waals surface area contributed by atoms with Crippen LogP contribution in [0.15, 0.2) is 15.8 Å². The highest BCUT2D eigenvalue weighted by molar-refractivity contribution is 5.21. The molecule has 1 heterocycles. The lowest BCUT2D eigenvalue weighted by Crippen LogP contribution is -2.33. The van der Waals surface area contributed by atoms with Gasteiger partial charge in [0.1, 0.15) is 11.6 Å². The molecule has 0 spiro atoms. The molecule has 1 atom stereocenters. The van der Waals surface area contributed by atoms with Crippen LogP contribution in [0.25, 0.3) is 0 Å². The number of ether oxygens (including phenoxy) is 1. The first-order chi connectivity index (χ1) is 7.08. The summed E-state index contributed by atoms with van der Waals surface area (Å²) >= 11 is 0. The highest BCUT2D eigenvalue weighted by atomic mass is 16.5. The summed E-state index contributed by atoms with van der Waals surface area (Å²) in [5.74, 6) is 0. The zero-order valence-corrected chi connectivity index (χ0v) is 8.48. The quantitative estimate of drug-likeness (QED) is 0.723. The standard InChI is InChI=1S/C9H11N3O3/c1-6(15-2)4-12-5-7(3-10)8(13)11-9(12)14/h5-6H,4H2,1-2H3,(H,11,13,14). The molecule has 0 saturated heterocycles. The third-order valence-electron chi connectivity index (χ3n) is 1.99. The van der Waals surface area contributed by atoms with Crippen LogP contribution in [-0.4, -0.2) is 22.8 Å². The molecule has 0 saturated carbocycles. The Morgan fingerprint density at radius 3 is 2.87 bits per heavy atom. The molecule has 15 heavy (non-hydrogen) atoms. The fourth-order valence-corrected chi connectivity index (χ4v) is 1.08. The summed E-state index contributed by atoms with van der Waals surface area (Å²) in [5, 5.41) is 8.61. The molecular weight excluding hydrogens is 198 g/mol. The fraction of sp³-hybridized carbons (Fsp3) is 0.444. The predicted octanol–water partition coefficient (Wildman–Crippen LogP) is -0.557. The lowest BCUT2D eigenvalue weighted by atomic mass is 10.3. The molecule has 0 aliphatic carbocycles. The van der Waals surface area contributed by atoms with E-state index in [0.29, 0.717) is 6.54 Å². The number of hydrogen-bond acceptors (Lipinski definition) is 4. The second kappa shape index (κ2) is 4.57. The second-order valence-corrected chi connectivity index (χ2v) is 3.11. The average molecular weight is 209 g/mol. The van der Waals surface area contributed by atoms with Crippen LogP contribution in [0.2, 0.25) is 0 Å². The van der Waals surface area contributed by atoms with Gasteiger partial charge >= 0.3 is 5.69 Å². The molecule has 80 valence electrons. The maximum atomic E-state index is 11.3. The van der Waals surface area contributed by atoms with Gasteiger partial charge in [-0.3, -0.25) is 14.3 Å². The van der Waals surface area contributed by atoms with Crippen LogP contribution < -0.4 is 11.2 Å². The molecular formula is C9H11N3O3. The SMILES string of the molecule is COC(C)Cn1cc(C#N)c(=O)[nH]c1=O. The van der Waals surface area contributed by atoms with E-state index in [-0.39, 0.29) is 11.7 Å². The zero-order valence-electron chi connectivity index (χ0n) is 8.48. The Morgan fingerprint density at radius 2 is 2.33 bits per heavy atom. The van der Waals surface area contributed by atoms with Crippen molar-refractivity contribution in [3.8, 4) is 6.07 Å². The number of methoxy groups -OCH3 is 1. The first-order valence-electron chi connectivity index (χ1n) is 4.35. The molecule has 1 aromatic heterocycles. The molecule has 1 aromatic rings. The summed E-state index contributed by atoms with van der Waals surface area (Å²) in [6, 6.07) is 1.71. The van der Waals surface area contributed by atoms with E-state index in [9.17, 15) is 9.59 Å². The van der Waals surface area contributed by atoms with Crippen LogP contribution in [0, 0.1) is 11.3 Å². The number of hydrogen-bond donors (Lipinski definition) is 1. The largest absolute Gasteiger partial charge is 0.380 e. The first kappa shape index (κ1) is 11.2. The number of H-pyrrole nitrogens is 1. The van der Waals surface area contributed by atoms with Gasteiger partial charge in [-0.05, 0) is 6.92 Å². The zero-order chi connectivity index (χ0) is 11.4. The summed E-state index contributed by atoms with van der Waals surface area (Å²) in [5.41, 5.74) is -1.29. The van der Waals surface area contributed by atoms with Gasteiger partial charge < -0.3 is 4.74 Å². The number of nitrogens with zero attached hydrogens (tertiary/aromatic N) is 2. The minimum atomic E-state index is -0.663. The van der Waals surface area contributed by atoms with E-state index in [2.05, 4.69) is 4.98 Å². The van der Waals surface area contributed by atoms with E-state index in [4.69, 9.17) is 10.00 Å². The number of nitrogens with one attached hydrogen (secondary N) is 1. The van der Waals surface area contributed by atoms with Gasteiger partial charge in [0.2, 0.25) is 0 Å². The topological polar surface area (TPSA) is 87.9 Å². The summed E-state index contributed by atoms with van der Waals surface area (Å²) < 4.78 is 6.22. The average Bonchev–Trinajstić information content (AvgIpc) is 2.21. The maximum absolute atomic E-state index is 11.3. The Kier molecular flexibility index (Phi) is 3.42. The van der Waals surface area contributed by atoms with Crippen molar-refractivity contribution < 1.29 is 4.74 Å². The minimum absolute atomic E-state index is 0.0853. The molecule has 0 radical (unpaired) electrons. The van der Waals surface area contributed by atoms with Gasteiger partial charge in [-0.15, -0.1) is 0 Å². The van der Waals surface area contributed by atoms with Crippen LogP contribution in [0.4, 0.5) is 0 Å². The van der Waals surface area contributed by atoms with Gasteiger partial charge in [0.25, 0.3) is 5.56 Å². The van der Waals surface area contributed by atoms with Crippen molar-refractivity contribution >= 4 is 0 Å². The van der Waals surface area contributed by atoms with Crippen molar-refractivity contribution in [2.45, 2.75) is 19.6 Å². The lowest BCUT2D eigenvalue weighted by molar-refractivity contribution is 0.102. The highest BCUT2D eigenvalue weighted by Crippen LogP contribution is 1.92. The van der Waals surface area contributed by atoms with Gasteiger partial charge in [0.05, 0.1) is 12.6 Å². The van der Waals surface area contributed by atoms with E-state index in [0.717, 1.165) is 0 Å². The Morgan fingerprint density at radius 1 is 1.67 bits per heavy atom. The summed E-state index contributed by atoms with van der Waals surface area (Å²) in [6.07, 6.45) is 1.07. The van der Waals surface area contributed by atoms with Crippen LogP contribution in [0.5, 0.6) is 0 Å². The summed E-state index contributed by atoms with van der Waals surface area (Å²) in [6.45, 7) is 2.07. The number of nitriles is 1. The Hall–Kier alpha value is -1.87. The smallest absolute Gasteiger partial charge is 0.328 e. The molecule has 0 fully saturated rings. The molecule has 0 aliphatic heterocycles. The van der Waals surface area contributed by atoms with Crippen molar-refractivity contribution in [3.63, 3.8) is 0 Å². The lowest BCUT2D eigenvalue weighted by Gasteiger charge is -2.10. The van der Waals surface area contributed by atoms with Crippen LogP contribution in [-0.2, 0) is 11.3 Å². The van der Waals surface area contributed by atoms with E-state index < -0.39 is 11.2 Å². The van der Waals surface area contributed by atoms with Gasteiger partial charge in [0, 0.05) is 13.3 Å². The fourth-order valence-electron chi connectivity index (χ4n) is 1.08. The van der Waals surface area contributed by atoms with Crippen LogP contribution in [0.3, 0.4) is 0 Å². The number of aromatic nitrogens is 2. The van der Waals surface area contributed by atoms with Crippen molar-refractivity contribution in [1.82, 2.24) is 9.55 Å². The Balaban J connectivity index is 3.15. The van der Waals surface area contributed by atoms with Crippen LogP contribution >= 0.6 is 0 Å². The van der Waals surface area contributed by atoms with Gasteiger partial charge in [-0.2, -0.15) is 5.26 Å². The molecule has 1 unspecified atom stereocenters. The van der Waals surface area contributed by atoms with Gasteiger partial charge in [0.15, 0.2) is 0 Å². The molecule has 0 aliphatic rings. The third kappa shape index (κ3) is 2.54. The summed E-state index contributed by atoms with van der Waals surface area (Å²) in [7, 11) is 1.52. The van der Waals surface area contributed by atoms with Gasteiger partial charge in [-0.25, -0.2) is 4.79 Å². The van der Waals surface area contributed by atoms with Crippen molar-refractivity contribution in [1.29, 1.82) is 5.26 Å². The summed E-state index contributed by atoms with van der Waals surface area (Å²) in [4.78, 5) is 24.4.